The minimum atomic E-state index is 0.0303. The summed E-state index contributed by atoms with van der Waals surface area (Å²) in [6.07, 6.45) is 5.34. The number of hydrogen-bond acceptors (Lipinski definition) is 2. The zero-order chi connectivity index (χ0) is 17.1. The molecule has 2 aliphatic rings. The van der Waals surface area contributed by atoms with Crippen molar-refractivity contribution in [2.45, 2.75) is 46.0 Å². The topological polar surface area (TPSA) is 40.6 Å². The second kappa shape index (κ2) is 7.37. The van der Waals surface area contributed by atoms with Crippen LogP contribution in [0.3, 0.4) is 0 Å². The third kappa shape index (κ3) is 3.80. The molecule has 0 N–H and O–H groups in total. The van der Waals surface area contributed by atoms with E-state index in [-0.39, 0.29) is 17.7 Å². The number of carbonyl (C=O) groups is 2. The Morgan fingerprint density at radius 2 is 1.58 bits per heavy atom. The molecule has 24 heavy (non-hydrogen) atoms. The Morgan fingerprint density at radius 3 is 2.25 bits per heavy atom. The summed E-state index contributed by atoms with van der Waals surface area (Å²) in [5.41, 5.74) is 4.01. The predicted octanol–water partition coefficient (Wildman–Crippen LogP) is 2.43. The lowest BCUT2D eigenvalue weighted by Crippen LogP contribution is -2.51. The number of fused-ring (bicyclic) bond motifs is 1. The molecule has 0 bridgehead atoms. The first kappa shape index (κ1) is 17.0. The van der Waals surface area contributed by atoms with Crippen molar-refractivity contribution in [2.75, 3.05) is 26.2 Å². The van der Waals surface area contributed by atoms with Crippen molar-refractivity contribution in [3.05, 3.63) is 34.9 Å². The van der Waals surface area contributed by atoms with Gasteiger partial charge in [0.05, 0.1) is 6.42 Å². The summed E-state index contributed by atoms with van der Waals surface area (Å²) >= 11 is 0. The molecule has 0 unspecified atom stereocenters. The van der Waals surface area contributed by atoms with Crippen molar-refractivity contribution in [1.82, 2.24) is 9.80 Å². The van der Waals surface area contributed by atoms with Crippen LogP contribution in [0.15, 0.2) is 18.2 Å². The van der Waals surface area contributed by atoms with Gasteiger partial charge in [0.2, 0.25) is 11.8 Å². The number of rotatable bonds is 3. The summed E-state index contributed by atoms with van der Waals surface area (Å²) in [4.78, 5) is 28.4. The number of nitrogens with zero attached hydrogens (tertiary/aromatic N) is 2. The molecule has 3 rings (SSSR count). The third-order valence-corrected chi connectivity index (χ3v) is 5.21. The van der Waals surface area contributed by atoms with Gasteiger partial charge >= 0.3 is 0 Å². The Labute approximate surface area is 144 Å². The largest absolute Gasteiger partial charge is 0.339 e. The quantitative estimate of drug-likeness (QED) is 0.855. The average molecular weight is 328 g/mol. The number of aryl methyl sites for hydroxylation is 2. The Balaban J connectivity index is 1.55. The van der Waals surface area contributed by atoms with E-state index >= 15 is 0 Å². The fraction of sp³-hybridized carbons (Fsp3) is 0.600. The van der Waals surface area contributed by atoms with Crippen molar-refractivity contribution in [3.8, 4) is 0 Å². The molecule has 1 aromatic carbocycles. The van der Waals surface area contributed by atoms with E-state index in [0.29, 0.717) is 32.6 Å². The van der Waals surface area contributed by atoms with Crippen LogP contribution in [0.5, 0.6) is 0 Å². The highest BCUT2D eigenvalue weighted by Crippen LogP contribution is 2.22. The molecule has 4 heteroatoms. The fourth-order valence-corrected chi connectivity index (χ4v) is 3.72. The van der Waals surface area contributed by atoms with E-state index in [4.69, 9.17) is 0 Å². The monoisotopic (exact) mass is 328 g/mol. The molecule has 1 aliphatic heterocycles. The van der Waals surface area contributed by atoms with Gasteiger partial charge in [-0.15, -0.1) is 0 Å². The van der Waals surface area contributed by atoms with Crippen LogP contribution in [0.1, 0.15) is 43.4 Å². The predicted molar refractivity (Wildman–Crippen MR) is 94.8 cm³/mol. The lowest BCUT2D eigenvalue weighted by molar-refractivity contribution is -0.141. The van der Waals surface area contributed by atoms with Crippen LogP contribution < -0.4 is 0 Å². The fourth-order valence-electron chi connectivity index (χ4n) is 3.72. The molecule has 1 aliphatic carbocycles. The van der Waals surface area contributed by atoms with Gasteiger partial charge in [-0.05, 0) is 42.4 Å². The van der Waals surface area contributed by atoms with Crippen molar-refractivity contribution in [2.24, 2.45) is 5.92 Å². The molecule has 2 amide bonds. The van der Waals surface area contributed by atoms with Gasteiger partial charge in [0.15, 0.2) is 0 Å². The Kier molecular flexibility index (Phi) is 5.22. The Bertz CT molecular complexity index is 616. The van der Waals surface area contributed by atoms with Crippen LogP contribution in [-0.4, -0.2) is 47.8 Å². The van der Waals surface area contributed by atoms with Gasteiger partial charge in [0.1, 0.15) is 0 Å². The maximum Gasteiger partial charge on any atom is 0.227 e. The molecule has 130 valence electrons. The minimum Gasteiger partial charge on any atom is -0.339 e. The standard InChI is InChI=1S/C20H28N2O2/c1-15(2)20(24)22-11-9-21(10-12-22)19(23)14-16-7-8-17-5-3-4-6-18(17)13-16/h7-8,13,15H,3-6,9-12,14H2,1-2H3. The number of carbonyl (C=O) groups excluding carboxylic acids is 2. The third-order valence-electron chi connectivity index (χ3n) is 5.21. The van der Waals surface area contributed by atoms with Crippen LogP contribution in [0.2, 0.25) is 0 Å². The van der Waals surface area contributed by atoms with Crippen molar-refractivity contribution < 1.29 is 9.59 Å². The first-order chi connectivity index (χ1) is 11.5. The van der Waals surface area contributed by atoms with Crippen LogP contribution in [0, 0.1) is 5.92 Å². The van der Waals surface area contributed by atoms with E-state index in [9.17, 15) is 9.59 Å². The molecule has 1 aromatic rings. The maximum absolute atomic E-state index is 12.6. The molecule has 4 nitrogen and oxygen atoms in total. The van der Waals surface area contributed by atoms with Crippen LogP contribution in [-0.2, 0) is 28.9 Å². The molecule has 0 spiro atoms. The van der Waals surface area contributed by atoms with Crippen molar-refractivity contribution in [1.29, 1.82) is 0 Å². The van der Waals surface area contributed by atoms with E-state index in [0.717, 1.165) is 12.0 Å². The lowest BCUT2D eigenvalue weighted by Gasteiger charge is -2.35. The molecular weight excluding hydrogens is 300 g/mol. The minimum absolute atomic E-state index is 0.0303. The van der Waals surface area contributed by atoms with Gasteiger partial charge in [-0.25, -0.2) is 0 Å². The van der Waals surface area contributed by atoms with Crippen molar-refractivity contribution >= 4 is 11.8 Å². The van der Waals surface area contributed by atoms with Crippen molar-refractivity contribution in [3.63, 3.8) is 0 Å². The number of amides is 2. The van der Waals surface area contributed by atoms with E-state index in [2.05, 4.69) is 18.2 Å². The lowest BCUT2D eigenvalue weighted by atomic mass is 9.90. The highest BCUT2D eigenvalue weighted by atomic mass is 16.2. The second-order valence-corrected chi connectivity index (χ2v) is 7.35. The molecule has 0 aromatic heterocycles. The zero-order valence-corrected chi connectivity index (χ0v) is 14.9. The first-order valence-electron chi connectivity index (χ1n) is 9.22. The highest BCUT2D eigenvalue weighted by Gasteiger charge is 2.25. The molecule has 1 saturated heterocycles. The van der Waals surface area contributed by atoms with Gasteiger partial charge in [-0.3, -0.25) is 9.59 Å². The number of hydrogen-bond donors (Lipinski definition) is 0. The number of benzene rings is 1. The van der Waals surface area contributed by atoms with Gasteiger partial charge in [0.25, 0.3) is 0 Å². The summed E-state index contributed by atoms with van der Waals surface area (Å²) in [6.45, 7) is 6.48. The maximum atomic E-state index is 12.6. The normalized spacial score (nSPS) is 17.8. The van der Waals surface area contributed by atoms with E-state index in [1.54, 1.807) is 0 Å². The van der Waals surface area contributed by atoms with Gasteiger partial charge < -0.3 is 9.80 Å². The molecule has 1 fully saturated rings. The molecule has 0 saturated carbocycles. The first-order valence-corrected chi connectivity index (χ1v) is 9.22. The highest BCUT2D eigenvalue weighted by molar-refractivity contribution is 5.80. The summed E-state index contributed by atoms with van der Waals surface area (Å²) < 4.78 is 0. The second-order valence-electron chi connectivity index (χ2n) is 7.35. The van der Waals surface area contributed by atoms with Gasteiger partial charge in [-0.1, -0.05) is 32.0 Å². The molecular formula is C20H28N2O2. The van der Waals surface area contributed by atoms with Crippen LogP contribution in [0.4, 0.5) is 0 Å². The summed E-state index contributed by atoms with van der Waals surface area (Å²) in [6, 6.07) is 6.54. The molecule has 1 heterocycles. The summed E-state index contributed by atoms with van der Waals surface area (Å²) in [5, 5.41) is 0. The van der Waals surface area contributed by atoms with E-state index in [1.807, 2.05) is 23.6 Å². The summed E-state index contributed by atoms with van der Waals surface area (Å²) in [5.74, 6) is 0.405. The van der Waals surface area contributed by atoms with E-state index in [1.165, 1.54) is 30.4 Å². The molecule has 0 radical (unpaired) electrons. The Morgan fingerprint density at radius 1 is 0.958 bits per heavy atom. The van der Waals surface area contributed by atoms with Gasteiger partial charge in [-0.2, -0.15) is 0 Å². The van der Waals surface area contributed by atoms with Crippen LogP contribution in [0.25, 0.3) is 0 Å². The smallest absolute Gasteiger partial charge is 0.227 e. The molecule has 0 atom stereocenters. The zero-order valence-electron chi connectivity index (χ0n) is 14.9. The summed E-state index contributed by atoms with van der Waals surface area (Å²) in [7, 11) is 0. The van der Waals surface area contributed by atoms with Gasteiger partial charge in [0, 0.05) is 32.1 Å². The van der Waals surface area contributed by atoms with E-state index < -0.39 is 0 Å². The Hall–Kier alpha value is -1.84. The van der Waals surface area contributed by atoms with Crippen LogP contribution >= 0.6 is 0 Å². The number of piperazine rings is 1. The SMILES string of the molecule is CC(C)C(=O)N1CCN(C(=O)Cc2ccc3c(c2)CCCC3)CC1. The average Bonchev–Trinajstić information content (AvgIpc) is 2.61.